The van der Waals surface area contributed by atoms with E-state index in [1.165, 1.54) is 22.5 Å². The first-order valence-corrected chi connectivity index (χ1v) is 11.8. The molecule has 0 radical (unpaired) electrons. The summed E-state index contributed by atoms with van der Waals surface area (Å²) in [6, 6.07) is 13.4. The number of amides is 1. The highest BCUT2D eigenvalue weighted by Crippen LogP contribution is 2.28. The SMILES string of the molecule is CC(NC(=O)c1ccc(Cl)c(S(=O)(=O)N2CCCCC2)c1)c1cc2ccccc2o1. The van der Waals surface area contributed by atoms with Gasteiger partial charge in [0.15, 0.2) is 0 Å². The van der Waals surface area contributed by atoms with Crippen LogP contribution in [0.1, 0.15) is 48.3 Å². The van der Waals surface area contributed by atoms with Crippen LogP contribution in [0.3, 0.4) is 0 Å². The van der Waals surface area contributed by atoms with Crippen LogP contribution in [0.4, 0.5) is 0 Å². The Bertz CT molecular complexity index is 1150. The minimum Gasteiger partial charge on any atom is -0.459 e. The molecule has 1 N–H and O–H groups in total. The molecule has 3 aromatic rings. The fourth-order valence-electron chi connectivity index (χ4n) is 3.65. The lowest BCUT2D eigenvalue weighted by atomic mass is 10.1. The van der Waals surface area contributed by atoms with Gasteiger partial charge in [-0.1, -0.05) is 36.2 Å². The number of fused-ring (bicyclic) bond motifs is 1. The summed E-state index contributed by atoms with van der Waals surface area (Å²) >= 11 is 6.20. The Morgan fingerprint density at radius 1 is 1.10 bits per heavy atom. The van der Waals surface area contributed by atoms with Crippen LogP contribution in [0, 0.1) is 0 Å². The number of sulfonamides is 1. The van der Waals surface area contributed by atoms with Crippen molar-refractivity contribution >= 4 is 38.5 Å². The average Bonchev–Trinajstić information content (AvgIpc) is 3.19. The fourth-order valence-corrected chi connectivity index (χ4v) is 5.67. The van der Waals surface area contributed by atoms with Crippen molar-refractivity contribution in [3.05, 3.63) is 64.9 Å². The summed E-state index contributed by atoms with van der Waals surface area (Å²) < 4.78 is 33.3. The van der Waals surface area contributed by atoms with Gasteiger partial charge in [0.05, 0.1) is 11.1 Å². The Hall–Kier alpha value is -2.35. The number of hydrogen-bond acceptors (Lipinski definition) is 4. The third kappa shape index (κ3) is 4.10. The molecule has 30 heavy (non-hydrogen) atoms. The van der Waals surface area contributed by atoms with E-state index in [4.69, 9.17) is 16.0 Å². The highest BCUT2D eigenvalue weighted by atomic mass is 35.5. The Morgan fingerprint density at radius 2 is 1.83 bits per heavy atom. The van der Waals surface area contributed by atoms with Crippen LogP contribution < -0.4 is 5.32 Å². The molecule has 1 atom stereocenters. The zero-order chi connectivity index (χ0) is 21.3. The first kappa shape index (κ1) is 20.9. The molecule has 4 rings (SSSR count). The van der Waals surface area contributed by atoms with Gasteiger partial charge in [-0.3, -0.25) is 4.79 Å². The minimum absolute atomic E-state index is 0.0323. The van der Waals surface area contributed by atoms with Crippen molar-refractivity contribution in [3.63, 3.8) is 0 Å². The van der Waals surface area contributed by atoms with E-state index in [-0.39, 0.29) is 21.5 Å². The lowest BCUT2D eigenvalue weighted by molar-refractivity contribution is 0.0935. The number of rotatable bonds is 5. The Balaban J connectivity index is 1.56. The molecule has 8 heteroatoms. The molecular weight excluding hydrogens is 424 g/mol. The number of carbonyl (C=O) groups excluding carboxylic acids is 1. The third-order valence-electron chi connectivity index (χ3n) is 5.35. The van der Waals surface area contributed by atoms with E-state index in [1.807, 2.05) is 37.3 Å². The standard InChI is InChI=1S/C22H23ClN2O4S/c1-15(20-13-16-7-3-4-8-19(16)29-20)24-22(26)17-9-10-18(23)21(14-17)30(27,28)25-11-5-2-6-12-25/h3-4,7-10,13-15H,2,5-6,11-12H2,1H3,(H,24,26). The smallest absolute Gasteiger partial charge is 0.251 e. The molecule has 0 spiro atoms. The van der Waals surface area contributed by atoms with Crippen molar-refractivity contribution in [1.82, 2.24) is 9.62 Å². The number of halogens is 1. The van der Waals surface area contributed by atoms with Crippen LogP contribution in [-0.2, 0) is 10.0 Å². The third-order valence-corrected chi connectivity index (χ3v) is 7.73. The second-order valence-corrected chi connectivity index (χ2v) is 9.81. The van der Waals surface area contributed by atoms with Crippen molar-refractivity contribution in [1.29, 1.82) is 0 Å². The first-order valence-electron chi connectivity index (χ1n) is 9.95. The molecule has 6 nitrogen and oxygen atoms in total. The molecule has 1 saturated heterocycles. The maximum Gasteiger partial charge on any atom is 0.251 e. The van der Waals surface area contributed by atoms with E-state index >= 15 is 0 Å². The topological polar surface area (TPSA) is 79.6 Å². The van der Waals surface area contributed by atoms with E-state index in [9.17, 15) is 13.2 Å². The van der Waals surface area contributed by atoms with Crippen LogP contribution in [0.5, 0.6) is 0 Å². The molecule has 1 aliphatic heterocycles. The molecule has 1 fully saturated rings. The predicted molar refractivity (Wildman–Crippen MR) is 116 cm³/mol. The highest BCUT2D eigenvalue weighted by molar-refractivity contribution is 7.89. The molecule has 2 aromatic carbocycles. The average molecular weight is 447 g/mol. The summed E-state index contributed by atoms with van der Waals surface area (Å²) in [5.41, 5.74) is 0.980. The number of carbonyl (C=O) groups is 1. The Morgan fingerprint density at radius 3 is 2.57 bits per heavy atom. The van der Waals surface area contributed by atoms with Crippen LogP contribution >= 0.6 is 11.6 Å². The summed E-state index contributed by atoms with van der Waals surface area (Å²) in [6.45, 7) is 2.76. The van der Waals surface area contributed by atoms with Crippen molar-refractivity contribution in [3.8, 4) is 0 Å². The van der Waals surface area contributed by atoms with Crippen molar-refractivity contribution in [2.45, 2.75) is 37.1 Å². The molecule has 0 aliphatic carbocycles. The maximum atomic E-state index is 13.0. The van der Waals surface area contributed by atoms with E-state index < -0.39 is 15.9 Å². The normalized spacial score (nSPS) is 16.5. The lowest BCUT2D eigenvalue weighted by Gasteiger charge is -2.26. The minimum atomic E-state index is -3.74. The van der Waals surface area contributed by atoms with Gasteiger partial charge in [0.25, 0.3) is 5.91 Å². The maximum absolute atomic E-state index is 13.0. The van der Waals surface area contributed by atoms with E-state index in [2.05, 4.69) is 5.32 Å². The predicted octanol–water partition coefficient (Wildman–Crippen LogP) is 4.75. The number of furan rings is 1. The van der Waals surface area contributed by atoms with Crippen molar-refractivity contribution < 1.29 is 17.6 Å². The van der Waals surface area contributed by atoms with Gasteiger partial charge in [-0.15, -0.1) is 0 Å². The van der Waals surface area contributed by atoms with Crippen LogP contribution in [0.25, 0.3) is 11.0 Å². The van der Waals surface area contributed by atoms with E-state index in [1.54, 1.807) is 0 Å². The molecule has 0 saturated carbocycles. The molecule has 1 aromatic heterocycles. The van der Waals surface area contributed by atoms with Gasteiger partial charge in [0.2, 0.25) is 10.0 Å². The Labute approximate surface area is 180 Å². The van der Waals surface area contributed by atoms with Gasteiger partial charge in [-0.05, 0) is 50.1 Å². The number of piperidine rings is 1. The number of nitrogens with one attached hydrogen (secondary N) is 1. The molecule has 0 bridgehead atoms. The zero-order valence-corrected chi connectivity index (χ0v) is 18.2. The molecular formula is C22H23ClN2O4S. The summed E-state index contributed by atoms with van der Waals surface area (Å²) in [5.74, 6) is 0.231. The second-order valence-electron chi connectivity index (χ2n) is 7.49. The summed E-state index contributed by atoms with van der Waals surface area (Å²) in [7, 11) is -3.74. The van der Waals surface area contributed by atoms with Gasteiger partial charge in [0.1, 0.15) is 16.2 Å². The Kier molecular flexibility index (Phi) is 5.86. The molecule has 1 amide bonds. The van der Waals surface area contributed by atoms with Crippen LogP contribution in [0.2, 0.25) is 5.02 Å². The van der Waals surface area contributed by atoms with E-state index in [0.29, 0.717) is 18.8 Å². The second kappa shape index (κ2) is 8.41. The summed E-state index contributed by atoms with van der Waals surface area (Å²) in [4.78, 5) is 12.8. The van der Waals surface area contributed by atoms with Gasteiger partial charge >= 0.3 is 0 Å². The first-order chi connectivity index (χ1) is 14.4. The van der Waals surface area contributed by atoms with Gasteiger partial charge in [-0.25, -0.2) is 8.42 Å². The van der Waals surface area contributed by atoms with E-state index in [0.717, 1.165) is 30.2 Å². The quantitative estimate of drug-likeness (QED) is 0.613. The molecule has 2 heterocycles. The van der Waals surface area contributed by atoms with Crippen molar-refractivity contribution in [2.75, 3.05) is 13.1 Å². The monoisotopic (exact) mass is 446 g/mol. The number of hydrogen-bond donors (Lipinski definition) is 1. The lowest BCUT2D eigenvalue weighted by Crippen LogP contribution is -2.36. The fraction of sp³-hybridized carbons (Fsp3) is 0.318. The van der Waals surface area contributed by atoms with Gasteiger partial charge < -0.3 is 9.73 Å². The largest absolute Gasteiger partial charge is 0.459 e. The highest BCUT2D eigenvalue weighted by Gasteiger charge is 2.29. The molecule has 1 unspecified atom stereocenters. The molecule has 158 valence electrons. The number of benzene rings is 2. The number of para-hydroxylation sites is 1. The van der Waals surface area contributed by atoms with Crippen LogP contribution in [-0.4, -0.2) is 31.7 Å². The van der Waals surface area contributed by atoms with Gasteiger partial charge in [-0.2, -0.15) is 4.31 Å². The molecule has 1 aliphatic rings. The number of nitrogens with zero attached hydrogens (tertiary/aromatic N) is 1. The van der Waals surface area contributed by atoms with Crippen LogP contribution in [0.15, 0.2) is 57.8 Å². The van der Waals surface area contributed by atoms with Crippen molar-refractivity contribution in [2.24, 2.45) is 0 Å². The summed E-state index contributed by atoms with van der Waals surface area (Å²) in [6.07, 6.45) is 2.67. The zero-order valence-electron chi connectivity index (χ0n) is 16.6. The van der Waals surface area contributed by atoms with Gasteiger partial charge in [0, 0.05) is 24.0 Å². The summed E-state index contributed by atoms with van der Waals surface area (Å²) in [5, 5.41) is 3.93.